The van der Waals surface area contributed by atoms with Gasteiger partial charge in [-0.05, 0) is 55.7 Å². The molecule has 0 aliphatic rings. The Morgan fingerprint density at radius 1 is 1.13 bits per heavy atom. The molecule has 0 atom stereocenters. The highest BCUT2D eigenvalue weighted by atomic mass is 16.5. The predicted molar refractivity (Wildman–Crippen MR) is 89.7 cm³/mol. The standard InChI is InChI=1S/C18H20N2O3/c1-11-7-8-12(2)16(9-11)23-10-17(21)20-15-6-4-5-14(13(15)3)18(19)22/h4-9H,10H2,1-3H3,(H2,19,22)(H,20,21). The maximum atomic E-state index is 12.1. The van der Waals surface area contributed by atoms with Crippen molar-refractivity contribution in [3.63, 3.8) is 0 Å². The molecule has 5 heteroatoms. The van der Waals surface area contributed by atoms with Crippen LogP contribution in [0.4, 0.5) is 5.69 Å². The van der Waals surface area contributed by atoms with Crippen molar-refractivity contribution >= 4 is 17.5 Å². The van der Waals surface area contributed by atoms with E-state index in [2.05, 4.69) is 5.32 Å². The van der Waals surface area contributed by atoms with Crippen LogP contribution in [0.3, 0.4) is 0 Å². The van der Waals surface area contributed by atoms with Crippen LogP contribution in [0.15, 0.2) is 36.4 Å². The third-order valence-electron chi connectivity index (χ3n) is 3.58. The lowest BCUT2D eigenvalue weighted by Crippen LogP contribution is -2.22. The van der Waals surface area contributed by atoms with Gasteiger partial charge in [0.15, 0.2) is 6.61 Å². The second-order valence-corrected chi connectivity index (χ2v) is 5.45. The van der Waals surface area contributed by atoms with Crippen LogP contribution >= 0.6 is 0 Å². The van der Waals surface area contributed by atoms with Crippen LogP contribution in [0, 0.1) is 20.8 Å². The van der Waals surface area contributed by atoms with Gasteiger partial charge in [0.25, 0.3) is 5.91 Å². The predicted octanol–water partition coefficient (Wildman–Crippen LogP) is 2.73. The third kappa shape index (κ3) is 4.10. The average Bonchev–Trinajstić information content (AvgIpc) is 2.50. The number of rotatable bonds is 5. The number of primary amides is 1. The van der Waals surface area contributed by atoms with Gasteiger partial charge in [0.1, 0.15) is 5.75 Å². The second-order valence-electron chi connectivity index (χ2n) is 5.45. The Morgan fingerprint density at radius 2 is 1.87 bits per heavy atom. The van der Waals surface area contributed by atoms with E-state index in [-0.39, 0.29) is 12.5 Å². The van der Waals surface area contributed by atoms with E-state index in [4.69, 9.17) is 10.5 Å². The summed E-state index contributed by atoms with van der Waals surface area (Å²) in [6, 6.07) is 10.8. The number of carbonyl (C=O) groups excluding carboxylic acids is 2. The molecule has 0 aliphatic heterocycles. The van der Waals surface area contributed by atoms with Gasteiger partial charge >= 0.3 is 0 Å². The molecule has 0 fully saturated rings. The molecule has 0 aromatic heterocycles. The van der Waals surface area contributed by atoms with E-state index in [1.165, 1.54) is 0 Å². The summed E-state index contributed by atoms with van der Waals surface area (Å²) in [4.78, 5) is 23.4. The van der Waals surface area contributed by atoms with E-state index in [0.29, 0.717) is 22.6 Å². The fraction of sp³-hybridized carbons (Fsp3) is 0.222. The molecule has 2 aromatic carbocycles. The minimum Gasteiger partial charge on any atom is -0.483 e. The summed E-state index contributed by atoms with van der Waals surface area (Å²) < 4.78 is 5.57. The lowest BCUT2D eigenvalue weighted by atomic mass is 10.1. The quantitative estimate of drug-likeness (QED) is 0.890. The topological polar surface area (TPSA) is 81.4 Å². The van der Waals surface area contributed by atoms with Crippen molar-refractivity contribution < 1.29 is 14.3 Å². The molecule has 2 aromatic rings. The number of carbonyl (C=O) groups is 2. The van der Waals surface area contributed by atoms with Gasteiger partial charge in [-0.15, -0.1) is 0 Å². The molecular formula is C18H20N2O3. The largest absolute Gasteiger partial charge is 0.483 e. The Labute approximate surface area is 135 Å². The van der Waals surface area contributed by atoms with E-state index < -0.39 is 5.91 Å². The van der Waals surface area contributed by atoms with Gasteiger partial charge in [-0.3, -0.25) is 9.59 Å². The SMILES string of the molecule is Cc1ccc(C)c(OCC(=O)Nc2cccc(C(N)=O)c2C)c1. The highest BCUT2D eigenvalue weighted by Gasteiger charge is 2.11. The Bertz CT molecular complexity index is 754. The van der Waals surface area contributed by atoms with E-state index >= 15 is 0 Å². The normalized spacial score (nSPS) is 10.2. The number of ether oxygens (including phenoxy) is 1. The van der Waals surface area contributed by atoms with Crippen LogP contribution in [0.1, 0.15) is 27.0 Å². The minimum atomic E-state index is -0.523. The number of anilines is 1. The lowest BCUT2D eigenvalue weighted by Gasteiger charge is -2.12. The molecule has 0 radical (unpaired) electrons. The van der Waals surface area contributed by atoms with Crippen molar-refractivity contribution in [3.05, 3.63) is 58.7 Å². The van der Waals surface area contributed by atoms with Gasteiger partial charge in [-0.2, -0.15) is 0 Å². The van der Waals surface area contributed by atoms with Crippen molar-refractivity contribution in [2.75, 3.05) is 11.9 Å². The van der Waals surface area contributed by atoms with E-state index in [9.17, 15) is 9.59 Å². The number of hydrogen-bond acceptors (Lipinski definition) is 3. The molecule has 0 unspecified atom stereocenters. The molecular weight excluding hydrogens is 292 g/mol. The third-order valence-corrected chi connectivity index (χ3v) is 3.58. The summed E-state index contributed by atoms with van der Waals surface area (Å²) in [6.07, 6.45) is 0. The number of nitrogens with two attached hydrogens (primary N) is 1. The first-order chi connectivity index (χ1) is 10.9. The van der Waals surface area contributed by atoms with Crippen LogP contribution in [0.25, 0.3) is 0 Å². The molecule has 0 spiro atoms. The van der Waals surface area contributed by atoms with E-state index in [1.54, 1.807) is 25.1 Å². The summed E-state index contributed by atoms with van der Waals surface area (Å²) in [5, 5.41) is 2.74. The van der Waals surface area contributed by atoms with Gasteiger partial charge in [0.05, 0.1) is 0 Å². The Morgan fingerprint density at radius 3 is 2.57 bits per heavy atom. The number of aryl methyl sites for hydroxylation is 2. The highest BCUT2D eigenvalue weighted by Crippen LogP contribution is 2.20. The maximum Gasteiger partial charge on any atom is 0.262 e. The molecule has 2 rings (SSSR count). The average molecular weight is 312 g/mol. The van der Waals surface area contributed by atoms with Crippen molar-refractivity contribution in [2.24, 2.45) is 5.73 Å². The van der Waals surface area contributed by atoms with E-state index in [0.717, 1.165) is 11.1 Å². The smallest absolute Gasteiger partial charge is 0.262 e. The van der Waals surface area contributed by atoms with Crippen LogP contribution in [0.2, 0.25) is 0 Å². The van der Waals surface area contributed by atoms with Gasteiger partial charge in [-0.1, -0.05) is 18.2 Å². The molecule has 0 aliphatic carbocycles. The summed E-state index contributed by atoms with van der Waals surface area (Å²) in [7, 11) is 0. The van der Waals surface area contributed by atoms with Crippen LogP contribution < -0.4 is 15.8 Å². The maximum absolute atomic E-state index is 12.1. The Balaban J connectivity index is 2.04. The number of benzene rings is 2. The van der Waals surface area contributed by atoms with Crippen molar-refractivity contribution in [1.29, 1.82) is 0 Å². The molecule has 0 saturated carbocycles. The zero-order valence-corrected chi connectivity index (χ0v) is 13.5. The van der Waals surface area contributed by atoms with Crippen molar-refractivity contribution in [1.82, 2.24) is 0 Å². The second kappa shape index (κ2) is 6.96. The van der Waals surface area contributed by atoms with Crippen molar-refractivity contribution in [3.8, 4) is 5.75 Å². The Hall–Kier alpha value is -2.82. The molecule has 2 amide bonds. The zero-order valence-electron chi connectivity index (χ0n) is 13.5. The van der Waals surface area contributed by atoms with E-state index in [1.807, 2.05) is 32.0 Å². The van der Waals surface area contributed by atoms with Gasteiger partial charge in [-0.25, -0.2) is 0 Å². The van der Waals surface area contributed by atoms with Crippen LogP contribution in [-0.2, 0) is 4.79 Å². The molecule has 0 heterocycles. The van der Waals surface area contributed by atoms with Gasteiger partial charge < -0.3 is 15.8 Å². The molecule has 3 N–H and O–H groups in total. The Kier molecular flexibility index (Phi) is 5.01. The first-order valence-corrected chi connectivity index (χ1v) is 7.28. The molecule has 5 nitrogen and oxygen atoms in total. The number of hydrogen-bond donors (Lipinski definition) is 2. The summed E-state index contributed by atoms with van der Waals surface area (Å²) in [6.45, 7) is 5.52. The fourth-order valence-corrected chi connectivity index (χ4v) is 2.23. The highest BCUT2D eigenvalue weighted by molar-refractivity contribution is 5.98. The first kappa shape index (κ1) is 16.5. The molecule has 0 bridgehead atoms. The van der Waals surface area contributed by atoms with Crippen molar-refractivity contribution in [2.45, 2.75) is 20.8 Å². The lowest BCUT2D eigenvalue weighted by molar-refractivity contribution is -0.118. The monoisotopic (exact) mass is 312 g/mol. The fourth-order valence-electron chi connectivity index (χ4n) is 2.23. The number of nitrogens with one attached hydrogen (secondary N) is 1. The molecule has 23 heavy (non-hydrogen) atoms. The summed E-state index contributed by atoms with van der Waals surface area (Å²) >= 11 is 0. The van der Waals surface area contributed by atoms with Crippen LogP contribution in [-0.4, -0.2) is 18.4 Å². The molecule has 120 valence electrons. The summed E-state index contributed by atoms with van der Waals surface area (Å²) in [5.74, 6) is -0.136. The van der Waals surface area contributed by atoms with Gasteiger partial charge in [0, 0.05) is 11.3 Å². The number of amides is 2. The minimum absolute atomic E-state index is 0.107. The molecule has 0 saturated heterocycles. The van der Waals surface area contributed by atoms with Crippen LogP contribution in [0.5, 0.6) is 5.75 Å². The summed E-state index contributed by atoms with van der Waals surface area (Å²) in [5.41, 5.74) is 8.92. The first-order valence-electron chi connectivity index (χ1n) is 7.28. The zero-order chi connectivity index (χ0) is 17.0. The van der Waals surface area contributed by atoms with Gasteiger partial charge in [0.2, 0.25) is 5.91 Å².